The van der Waals surface area contributed by atoms with E-state index in [4.69, 9.17) is 0 Å². The summed E-state index contributed by atoms with van der Waals surface area (Å²) in [6, 6.07) is 7.06. The Labute approximate surface area is 130 Å². The molecule has 0 radical (unpaired) electrons. The first-order valence-electron chi connectivity index (χ1n) is 6.64. The molecular weight excluding hydrogens is 338 g/mol. The number of imide groups is 1. The van der Waals surface area contributed by atoms with Crippen LogP contribution in [0.15, 0.2) is 28.7 Å². The van der Waals surface area contributed by atoms with Crippen molar-refractivity contribution < 1.29 is 14.4 Å². The largest absolute Gasteiger partial charge is 0.339 e. The van der Waals surface area contributed by atoms with Gasteiger partial charge >= 0.3 is 6.03 Å². The van der Waals surface area contributed by atoms with Gasteiger partial charge in [0.2, 0.25) is 5.91 Å². The highest BCUT2D eigenvalue weighted by Crippen LogP contribution is 2.25. The minimum Gasteiger partial charge on any atom is -0.339 e. The average molecular weight is 352 g/mol. The van der Waals surface area contributed by atoms with E-state index in [0.717, 1.165) is 10.0 Å². The summed E-state index contributed by atoms with van der Waals surface area (Å²) in [6.07, 6.45) is 0.746. The molecule has 7 heteroatoms. The first kappa shape index (κ1) is 14.1. The molecule has 4 amide bonds. The Bertz CT molecular complexity index is 616. The minimum atomic E-state index is -0.938. The van der Waals surface area contributed by atoms with Gasteiger partial charge in [0.1, 0.15) is 5.54 Å². The monoisotopic (exact) mass is 351 g/mol. The van der Waals surface area contributed by atoms with Crippen molar-refractivity contribution in [2.75, 3.05) is 13.1 Å². The second-order valence-corrected chi connectivity index (χ2v) is 6.27. The van der Waals surface area contributed by atoms with E-state index in [1.54, 1.807) is 4.90 Å². The zero-order valence-corrected chi connectivity index (χ0v) is 12.8. The van der Waals surface area contributed by atoms with Crippen LogP contribution in [0.25, 0.3) is 0 Å². The van der Waals surface area contributed by atoms with Crippen molar-refractivity contribution in [2.24, 2.45) is 0 Å². The highest BCUT2D eigenvalue weighted by molar-refractivity contribution is 9.10. The number of nitrogens with zero attached hydrogens (tertiary/aromatic N) is 1. The van der Waals surface area contributed by atoms with Crippen LogP contribution in [-0.2, 0) is 16.0 Å². The summed E-state index contributed by atoms with van der Waals surface area (Å²) in [7, 11) is 0. The molecule has 3 rings (SSSR count). The number of benzene rings is 1. The van der Waals surface area contributed by atoms with Gasteiger partial charge in [0.05, 0.1) is 13.0 Å². The Morgan fingerprint density at radius 1 is 1.29 bits per heavy atom. The molecule has 2 fully saturated rings. The molecule has 2 saturated heterocycles. The summed E-state index contributed by atoms with van der Waals surface area (Å²) in [4.78, 5) is 37.0. The first-order valence-corrected chi connectivity index (χ1v) is 7.44. The number of urea groups is 1. The molecule has 2 aliphatic rings. The molecule has 21 heavy (non-hydrogen) atoms. The highest BCUT2D eigenvalue weighted by Gasteiger charge is 2.51. The van der Waals surface area contributed by atoms with Crippen molar-refractivity contribution in [1.29, 1.82) is 0 Å². The Morgan fingerprint density at radius 3 is 2.62 bits per heavy atom. The van der Waals surface area contributed by atoms with Crippen LogP contribution in [0, 0.1) is 0 Å². The van der Waals surface area contributed by atoms with Gasteiger partial charge in [-0.3, -0.25) is 14.9 Å². The van der Waals surface area contributed by atoms with E-state index in [1.165, 1.54) is 0 Å². The molecule has 1 unspecified atom stereocenters. The van der Waals surface area contributed by atoms with Gasteiger partial charge in [-0.05, 0) is 24.1 Å². The third-order valence-corrected chi connectivity index (χ3v) is 4.43. The van der Waals surface area contributed by atoms with Gasteiger partial charge in [-0.1, -0.05) is 28.1 Å². The number of hydrogen-bond acceptors (Lipinski definition) is 3. The minimum absolute atomic E-state index is 0.0388. The number of nitrogens with one attached hydrogen (secondary N) is 2. The number of halogens is 1. The van der Waals surface area contributed by atoms with Crippen LogP contribution in [0.4, 0.5) is 4.79 Å². The van der Waals surface area contributed by atoms with Gasteiger partial charge in [0.15, 0.2) is 0 Å². The van der Waals surface area contributed by atoms with Crippen LogP contribution < -0.4 is 10.6 Å². The number of carbonyl (C=O) groups is 3. The second kappa shape index (κ2) is 5.14. The lowest BCUT2D eigenvalue weighted by molar-refractivity contribution is -0.130. The lowest BCUT2D eigenvalue weighted by Crippen LogP contribution is -2.49. The van der Waals surface area contributed by atoms with Gasteiger partial charge < -0.3 is 10.2 Å². The van der Waals surface area contributed by atoms with Crippen molar-refractivity contribution in [3.63, 3.8) is 0 Å². The zero-order valence-electron chi connectivity index (χ0n) is 11.2. The van der Waals surface area contributed by atoms with Crippen LogP contribution >= 0.6 is 15.9 Å². The fourth-order valence-electron chi connectivity index (χ4n) is 2.73. The SMILES string of the molecule is O=C1NC(=O)C2(CCN(C(=O)Cc3ccc(Br)cc3)C2)N1. The van der Waals surface area contributed by atoms with Gasteiger partial charge in [0.25, 0.3) is 5.91 Å². The second-order valence-electron chi connectivity index (χ2n) is 5.36. The van der Waals surface area contributed by atoms with E-state index in [-0.39, 0.29) is 18.4 Å². The summed E-state index contributed by atoms with van der Waals surface area (Å²) < 4.78 is 0.962. The summed E-state index contributed by atoms with van der Waals surface area (Å²) in [5.41, 5.74) is -0.0176. The van der Waals surface area contributed by atoms with Crippen molar-refractivity contribution in [3.05, 3.63) is 34.3 Å². The first-order chi connectivity index (χ1) is 9.98. The van der Waals surface area contributed by atoms with Crippen molar-refractivity contribution in [1.82, 2.24) is 15.5 Å². The quantitative estimate of drug-likeness (QED) is 0.773. The summed E-state index contributed by atoms with van der Waals surface area (Å²) in [6.45, 7) is 0.711. The number of likely N-dealkylation sites (tertiary alicyclic amines) is 1. The van der Waals surface area contributed by atoms with Crippen molar-refractivity contribution in [3.8, 4) is 0 Å². The Balaban J connectivity index is 1.66. The maximum Gasteiger partial charge on any atom is 0.322 e. The van der Waals surface area contributed by atoms with Gasteiger partial charge in [-0.2, -0.15) is 0 Å². The van der Waals surface area contributed by atoms with E-state index in [2.05, 4.69) is 26.6 Å². The summed E-state index contributed by atoms with van der Waals surface area (Å²) in [5, 5.41) is 4.87. The molecule has 0 saturated carbocycles. The molecular formula is C14H14BrN3O3. The predicted molar refractivity (Wildman–Crippen MR) is 78.4 cm³/mol. The van der Waals surface area contributed by atoms with Crippen molar-refractivity contribution in [2.45, 2.75) is 18.4 Å². The van der Waals surface area contributed by atoms with Crippen LogP contribution in [0.2, 0.25) is 0 Å². The average Bonchev–Trinajstić information content (AvgIpc) is 2.97. The van der Waals surface area contributed by atoms with Gasteiger partial charge in [0, 0.05) is 11.0 Å². The topological polar surface area (TPSA) is 78.5 Å². The third-order valence-electron chi connectivity index (χ3n) is 3.91. The lowest BCUT2D eigenvalue weighted by atomic mass is 9.99. The van der Waals surface area contributed by atoms with Crippen LogP contribution in [0.1, 0.15) is 12.0 Å². The van der Waals surface area contributed by atoms with Gasteiger partial charge in [-0.25, -0.2) is 4.79 Å². The molecule has 2 heterocycles. The molecule has 1 aromatic rings. The highest BCUT2D eigenvalue weighted by atomic mass is 79.9. The summed E-state index contributed by atoms with van der Waals surface area (Å²) >= 11 is 3.35. The molecule has 1 aromatic carbocycles. The van der Waals surface area contributed by atoms with E-state index < -0.39 is 11.6 Å². The fraction of sp³-hybridized carbons (Fsp3) is 0.357. The smallest absolute Gasteiger partial charge is 0.322 e. The van der Waals surface area contributed by atoms with E-state index in [9.17, 15) is 14.4 Å². The van der Waals surface area contributed by atoms with E-state index >= 15 is 0 Å². The zero-order chi connectivity index (χ0) is 15.0. The maximum absolute atomic E-state index is 12.3. The normalized spacial score (nSPS) is 24.3. The number of hydrogen-bond donors (Lipinski definition) is 2. The number of carbonyl (C=O) groups excluding carboxylic acids is 3. The Hall–Kier alpha value is -1.89. The molecule has 2 aliphatic heterocycles. The molecule has 110 valence electrons. The fourth-order valence-corrected chi connectivity index (χ4v) is 2.99. The molecule has 1 spiro atoms. The summed E-state index contributed by atoms with van der Waals surface area (Å²) in [5.74, 6) is -0.380. The molecule has 0 aliphatic carbocycles. The Kier molecular flexibility index (Phi) is 3.44. The standard InChI is InChI=1S/C14H14BrN3O3/c15-10-3-1-9(2-4-10)7-11(19)18-6-5-14(8-18)12(20)16-13(21)17-14/h1-4H,5-8H2,(H2,16,17,20,21). The molecule has 6 nitrogen and oxygen atoms in total. The van der Waals surface area contributed by atoms with E-state index in [1.807, 2.05) is 24.3 Å². The molecule has 2 N–H and O–H groups in total. The lowest BCUT2D eigenvalue weighted by Gasteiger charge is -2.21. The van der Waals surface area contributed by atoms with Gasteiger partial charge in [-0.15, -0.1) is 0 Å². The van der Waals surface area contributed by atoms with Crippen LogP contribution in [0.5, 0.6) is 0 Å². The predicted octanol–water partition coefficient (Wildman–Crippen LogP) is 0.802. The number of amides is 4. The van der Waals surface area contributed by atoms with Crippen molar-refractivity contribution >= 4 is 33.8 Å². The Morgan fingerprint density at radius 2 is 2.00 bits per heavy atom. The number of rotatable bonds is 2. The van der Waals surface area contributed by atoms with E-state index in [0.29, 0.717) is 19.4 Å². The molecule has 1 atom stereocenters. The molecule has 0 bridgehead atoms. The third kappa shape index (κ3) is 2.65. The molecule has 0 aromatic heterocycles. The van der Waals surface area contributed by atoms with Crippen LogP contribution in [0.3, 0.4) is 0 Å². The maximum atomic E-state index is 12.3. The van der Waals surface area contributed by atoms with Crippen LogP contribution in [-0.4, -0.2) is 41.4 Å².